The molecule has 1 aliphatic carbocycles. The van der Waals surface area contributed by atoms with Gasteiger partial charge < -0.3 is 13.7 Å². The molecule has 3 nitrogen and oxygen atoms in total. The highest BCUT2D eigenvalue weighted by Gasteiger charge is 2.38. The maximum Gasteiger partial charge on any atom is 0.0789 e. The van der Waals surface area contributed by atoms with Crippen LogP contribution in [0.4, 0.5) is 17.1 Å². The van der Waals surface area contributed by atoms with Crippen molar-refractivity contribution in [3.63, 3.8) is 0 Å². The first-order chi connectivity index (χ1) is 30.5. The van der Waals surface area contributed by atoms with Gasteiger partial charge in [-0.25, -0.2) is 0 Å². The van der Waals surface area contributed by atoms with Gasteiger partial charge in [0.05, 0.1) is 38.8 Å². The van der Waals surface area contributed by atoms with Crippen molar-refractivity contribution in [1.29, 1.82) is 0 Å². The molecule has 0 N–H and O–H groups in total. The van der Waals surface area contributed by atoms with E-state index < -0.39 is 0 Å². The van der Waals surface area contributed by atoms with Gasteiger partial charge in [0, 0.05) is 43.9 Å². The second-order valence-corrected chi connectivity index (χ2v) is 17.7. The Labute approximate surface area is 358 Å². The second-order valence-electron chi connectivity index (χ2n) is 17.7. The maximum absolute atomic E-state index is 2.53. The second kappa shape index (κ2) is 12.1. The smallest absolute Gasteiger partial charge is 0.0789 e. The van der Waals surface area contributed by atoms with E-state index in [1.165, 1.54) is 115 Å². The summed E-state index contributed by atoms with van der Waals surface area (Å²) in [6.45, 7) is 4.74. The molecular weight excluding hydrogens is 751 g/mol. The topological polar surface area (TPSA) is 12.1 Å². The van der Waals surface area contributed by atoms with Crippen molar-refractivity contribution in [3.05, 3.63) is 211 Å². The summed E-state index contributed by atoms with van der Waals surface area (Å²) in [5.74, 6) is 0. The Hall–Kier alpha value is -7.88. The van der Waals surface area contributed by atoms with Crippen LogP contribution in [0, 0.1) is 0 Å². The molecule has 10 aromatic carbocycles. The van der Waals surface area contributed by atoms with Crippen LogP contribution in [0.15, 0.2) is 200 Å². The first-order valence-electron chi connectivity index (χ1n) is 21.7. The summed E-state index contributed by atoms with van der Waals surface area (Å²) in [5, 5.41) is 10.2. The molecule has 0 spiro atoms. The van der Waals surface area contributed by atoms with Crippen molar-refractivity contribution in [2.24, 2.45) is 0 Å². The quantitative estimate of drug-likeness (QED) is 0.128. The highest BCUT2D eigenvalue weighted by atomic mass is 15.1. The van der Waals surface area contributed by atoms with Crippen LogP contribution in [0.5, 0.6) is 0 Å². The minimum Gasteiger partial charge on any atom is -0.310 e. The number of benzene rings is 10. The van der Waals surface area contributed by atoms with Crippen molar-refractivity contribution in [2.75, 3.05) is 4.90 Å². The first kappa shape index (κ1) is 33.9. The molecule has 0 saturated heterocycles. The van der Waals surface area contributed by atoms with Gasteiger partial charge in [-0.05, 0) is 104 Å². The molecule has 13 aromatic rings. The average molecular weight is 790 g/mol. The largest absolute Gasteiger partial charge is 0.310 e. The Kier molecular flexibility index (Phi) is 6.63. The monoisotopic (exact) mass is 789 g/mol. The highest BCUT2D eigenvalue weighted by Crippen LogP contribution is 2.54. The van der Waals surface area contributed by atoms with E-state index in [2.05, 4.69) is 228 Å². The van der Waals surface area contributed by atoms with Gasteiger partial charge >= 0.3 is 0 Å². The lowest BCUT2D eigenvalue weighted by molar-refractivity contribution is 0.660. The molecule has 0 fully saturated rings. The predicted octanol–water partition coefficient (Wildman–Crippen LogP) is 16.0. The maximum atomic E-state index is 2.53. The standard InChI is InChI=1S/C59H39N3/c1-59(2)49-21-10-7-20-47(49)56-50(59)22-13-25-54(56)60(38-28-26-36(27-29-38)48-34-37-14-3-4-15-40(37)41-16-5-6-17-42(41)48)39-30-33-53-55(35-39)62-52-24-12-9-19-44(52)46-32-31-45-43-18-8-11-23-51(43)61(53)57(45)58(46)62/h3-35H,1-2H3. The third-order valence-corrected chi connectivity index (χ3v) is 14.2. The zero-order valence-electron chi connectivity index (χ0n) is 34.4. The van der Waals surface area contributed by atoms with Gasteiger partial charge in [0.1, 0.15) is 0 Å². The van der Waals surface area contributed by atoms with Gasteiger partial charge in [0.2, 0.25) is 0 Å². The fourth-order valence-corrected chi connectivity index (χ4v) is 11.5. The molecule has 0 aliphatic heterocycles. The summed E-state index contributed by atoms with van der Waals surface area (Å²) in [4.78, 5) is 2.51. The van der Waals surface area contributed by atoms with Gasteiger partial charge in [-0.3, -0.25) is 0 Å². The van der Waals surface area contributed by atoms with E-state index in [1.54, 1.807) is 0 Å². The number of anilines is 3. The summed E-state index contributed by atoms with van der Waals surface area (Å²) in [6.07, 6.45) is 0. The molecule has 0 atom stereocenters. The number of hydrogen-bond donors (Lipinski definition) is 0. The van der Waals surface area contributed by atoms with Gasteiger partial charge in [-0.15, -0.1) is 0 Å². The van der Waals surface area contributed by atoms with Gasteiger partial charge in [0.25, 0.3) is 0 Å². The lowest BCUT2D eigenvalue weighted by Crippen LogP contribution is -2.16. The van der Waals surface area contributed by atoms with Crippen molar-refractivity contribution < 1.29 is 0 Å². The van der Waals surface area contributed by atoms with Crippen molar-refractivity contribution in [2.45, 2.75) is 19.3 Å². The van der Waals surface area contributed by atoms with E-state index in [1.807, 2.05) is 0 Å². The number of hydrogen-bond acceptors (Lipinski definition) is 1. The highest BCUT2D eigenvalue weighted by molar-refractivity contribution is 6.25. The third-order valence-electron chi connectivity index (χ3n) is 14.2. The number of nitrogens with zero attached hydrogens (tertiary/aromatic N) is 3. The van der Waals surface area contributed by atoms with Crippen molar-refractivity contribution in [3.8, 4) is 22.3 Å². The van der Waals surface area contributed by atoms with Crippen LogP contribution in [0.2, 0.25) is 0 Å². The lowest BCUT2D eigenvalue weighted by atomic mass is 9.82. The van der Waals surface area contributed by atoms with Crippen LogP contribution in [0.25, 0.3) is 98.4 Å². The van der Waals surface area contributed by atoms with Gasteiger partial charge in [0.15, 0.2) is 0 Å². The van der Waals surface area contributed by atoms with Crippen LogP contribution in [-0.2, 0) is 5.41 Å². The molecule has 0 saturated carbocycles. The zero-order valence-corrected chi connectivity index (χ0v) is 34.4. The predicted molar refractivity (Wildman–Crippen MR) is 262 cm³/mol. The fraction of sp³-hybridized carbons (Fsp3) is 0.0508. The summed E-state index contributed by atoms with van der Waals surface area (Å²) < 4.78 is 5.04. The normalized spacial score (nSPS) is 13.5. The molecule has 14 rings (SSSR count). The molecule has 0 bridgehead atoms. The molecule has 62 heavy (non-hydrogen) atoms. The number of fused-ring (bicyclic) bond motifs is 15. The van der Waals surface area contributed by atoms with Crippen LogP contribution in [0.1, 0.15) is 25.0 Å². The Bertz CT molecular complexity index is 4010. The van der Waals surface area contributed by atoms with E-state index in [-0.39, 0.29) is 5.41 Å². The summed E-state index contributed by atoms with van der Waals surface area (Å²) >= 11 is 0. The lowest BCUT2D eigenvalue weighted by Gasteiger charge is -2.29. The van der Waals surface area contributed by atoms with E-state index in [0.29, 0.717) is 0 Å². The van der Waals surface area contributed by atoms with Gasteiger partial charge in [-0.2, -0.15) is 0 Å². The molecular formula is C59H39N3. The van der Waals surface area contributed by atoms with Crippen LogP contribution < -0.4 is 4.90 Å². The van der Waals surface area contributed by atoms with E-state index in [9.17, 15) is 0 Å². The van der Waals surface area contributed by atoms with E-state index in [4.69, 9.17) is 0 Å². The van der Waals surface area contributed by atoms with Crippen LogP contribution in [0.3, 0.4) is 0 Å². The molecule has 3 heterocycles. The van der Waals surface area contributed by atoms with E-state index >= 15 is 0 Å². The minimum absolute atomic E-state index is 0.134. The molecule has 0 radical (unpaired) electrons. The summed E-state index contributed by atoms with van der Waals surface area (Å²) in [5.41, 5.74) is 18.4. The van der Waals surface area contributed by atoms with Crippen LogP contribution >= 0.6 is 0 Å². The number of aromatic nitrogens is 2. The Balaban J connectivity index is 1.06. The SMILES string of the molecule is CC1(C)c2ccccc2-c2c(N(c3ccc(-c4cc5ccccc5c5ccccc45)cc3)c3ccc4c(c3)n3c5ccccc5c5ccc6c7ccccc7n4c6c53)cccc21. The van der Waals surface area contributed by atoms with Crippen molar-refractivity contribution in [1.82, 2.24) is 8.80 Å². The van der Waals surface area contributed by atoms with E-state index in [0.717, 1.165) is 11.4 Å². The molecule has 3 aromatic heterocycles. The molecule has 1 aliphatic rings. The third kappa shape index (κ3) is 4.34. The van der Waals surface area contributed by atoms with Crippen molar-refractivity contribution >= 4 is 93.3 Å². The summed E-state index contributed by atoms with van der Waals surface area (Å²) in [7, 11) is 0. The number of para-hydroxylation sites is 2. The minimum atomic E-state index is -0.134. The van der Waals surface area contributed by atoms with Gasteiger partial charge in [-0.1, -0.05) is 159 Å². The summed E-state index contributed by atoms with van der Waals surface area (Å²) in [6, 6.07) is 74.7. The Morgan fingerprint density at radius 1 is 0.371 bits per heavy atom. The Morgan fingerprint density at radius 2 is 0.952 bits per heavy atom. The Morgan fingerprint density at radius 3 is 1.69 bits per heavy atom. The molecule has 3 heteroatoms. The van der Waals surface area contributed by atoms with Crippen LogP contribution in [-0.4, -0.2) is 8.80 Å². The number of rotatable bonds is 4. The fourth-order valence-electron chi connectivity index (χ4n) is 11.5. The molecule has 0 amide bonds. The average Bonchev–Trinajstić information content (AvgIpc) is 3.93. The molecule has 290 valence electrons. The first-order valence-corrected chi connectivity index (χ1v) is 21.7. The zero-order chi connectivity index (χ0) is 40.8. The molecule has 0 unspecified atom stereocenters.